The third-order valence-electron chi connectivity index (χ3n) is 7.46. The van der Waals surface area contributed by atoms with E-state index in [0.717, 1.165) is 5.56 Å². The standard InChI is InChI=1S/C30H38N4O5S2/c1-6-32(7-2)29-18-17-26(40(36,37)33(8-3)9-4)21-27(29)31-30(35)24-14-12-15-25(20-24)41(38,39)34-22(5)19-23-13-10-11-16-28(23)34/h10-18,20-22H,6-9,19H2,1-5H3,(H,31,35). The summed E-state index contributed by atoms with van der Waals surface area (Å²) in [5.74, 6) is -0.539. The molecule has 1 heterocycles. The predicted octanol–water partition coefficient (Wildman–Crippen LogP) is 4.96. The lowest BCUT2D eigenvalue weighted by atomic mass is 10.1. The van der Waals surface area contributed by atoms with Crippen LogP contribution in [0.4, 0.5) is 17.1 Å². The van der Waals surface area contributed by atoms with E-state index in [-0.39, 0.29) is 21.4 Å². The first-order valence-corrected chi connectivity index (χ1v) is 16.8. The highest BCUT2D eigenvalue weighted by Gasteiger charge is 2.36. The zero-order valence-corrected chi connectivity index (χ0v) is 25.8. The molecule has 1 unspecified atom stereocenters. The molecule has 0 saturated heterocycles. The van der Waals surface area contributed by atoms with Crippen molar-refractivity contribution >= 4 is 43.0 Å². The summed E-state index contributed by atoms with van der Waals surface area (Å²) in [6, 6.07) is 17.8. The third kappa shape index (κ3) is 5.84. The van der Waals surface area contributed by atoms with Gasteiger partial charge < -0.3 is 10.2 Å². The van der Waals surface area contributed by atoms with Crippen LogP contribution < -0.4 is 14.5 Å². The van der Waals surface area contributed by atoms with Crippen molar-refractivity contribution in [2.45, 2.75) is 56.9 Å². The minimum absolute atomic E-state index is 0.00975. The number of amides is 1. The molecule has 0 spiro atoms. The molecule has 1 atom stereocenters. The Morgan fingerprint density at radius 1 is 0.854 bits per heavy atom. The molecular formula is C30H38N4O5S2. The van der Waals surface area contributed by atoms with Crippen molar-refractivity contribution in [1.29, 1.82) is 0 Å². The number of hydrogen-bond acceptors (Lipinski definition) is 6. The maximum atomic E-state index is 13.8. The van der Waals surface area contributed by atoms with E-state index in [2.05, 4.69) is 5.32 Å². The Morgan fingerprint density at radius 3 is 2.20 bits per heavy atom. The van der Waals surface area contributed by atoms with Crippen molar-refractivity contribution in [2.75, 3.05) is 40.7 Å². The molecule has 0 aliphatic carbocycles. The van der Waals surface area contributed by atoms with Gasteiger partial charge in [0.2, 0.25) is 10.0 Å². The molecule has 9 nitrogen and oxygen atoms in total. The smallest absolute Gasteiger partial charge is 0.264 e. The number of nitrogens with one attached hydrogen (secondary N) is 1. The average Bonchev–Trinajstić information content (AvgIpc) is 3.31. The zero-order chi connectivity index (χ0) is 29.9. The van der Waals surface area contributed by atoms with E-state index < -0.39 is 26.0 Å². The fourth-order valence-corrected chi connectivity index (χ4v) is 8.56. The monoisotopic (exact) mass is 598 g/mol. The Balaban J connectivity index is 1.71. The number of rotatable bonds is 11. The van der Waals surface area contributed by atoms with Gasteiger partial charge in [-0.05, 0) is 75.2 Å². The molecule has 0 saturated carbocycles. The van der Waals surface area contributed by atoms with Gasteiger partial charge in [0, 0.05) is 37.8 Å². The number of anilines is 3. The molecule has 4 rings (SSSR count). The zero-order valence-electron chi connectivity index (χ0n) is 24.2. The molecule has 3 aromatic carbocycles. The van der Waals surface area contributed by atoms with E-state index in [9.17, 15) is 21.6 Å². The SMILES string of the molecule is CCN(CC)c1ccc(S(=O)(=O)N(CC)CC)cc1NC(=O)c1cccc(S(=O)(=O)N2c3ccccc3CC2C)c1. The molecule has 1 aliphatic heterocycles. The maximum absolute atomic E-state index is 13.8. The number of carbonyl (C=O) groups excluding carboxylic acids is 1. The summed E-state index contributed by atoms with van der Waals surface area (Å²) in [7, 11) is -7.71. The number of para-hydroxylation sites is 1. The molecule has 0 aromatic heterocycles. The van der Waals surface area contributed by atoms with Crippen LogP contribution in [-0.4, -0.2) is 59.3 Å². The number of benzene rings is 3. The highest BCUT2D eigenvalue weighted by atomic mass is 32.2. The summed E-state index contributed by atoms with van der Waals surface area (Å²) in [5, 5.41) is 2.86. The number of fused-ring (bicyclic) bond motifs is 1. The second-order valence-corrected chi connectivity index (χ2v) is 13.7. The van der Waals surface area contributed by atoms with Crippen LogP contribution in [0.3, 0.4) is 0 Å². The molecule has 1 N–H and O–H groups in total. The van der Waals surface area contributed by atoms with Crippen molar-refractivity contribution in [3.05, 3.63) is 77.9 Å². The van der Waals surface area contributed by atoms with Crippen LogP contribution >= 0.6 is 0 Å². The van der Waals surface area contributed by atoms with Gasteiger partial charge in [0.25, 0.3) is 15.9 Å². The molecule has 41 heavy (non-hydrogen) atoms. The summed E-state index contributed by atoms with van der Waals surface area (Å²) in [6.07, 6.45) is 0.608. The van der Waals surface area contributed by atoms with E-state index in [4.69, 9.17) is 0 Å². The van der Waals surface area contributed by atoms with Crippen molar-refractivity contribution in [2.24, 2.45) is 0 Å². The van der Waals surface area contributed by atoms with Crippen LogP contribution in [0.2, 0.25) is 0 Å². The Morgan fingerprint density at radius 2 is 1.54 bits per heavy atom. The number of nitrogens with zero attached hydrogens (tertiary/aromatic N) is 3. The summed E-state index contributed by atoms with van der Waals surface area (Å²) in [6.45, 7) is 11.3. The van der Waals surface area contributed by atoms with E-state index in [1.807, 2.05) is 43.9 Å². The Hall–Kier alpha value is -3.41. The Bertz CT molecular complexity index is 1630. The van der Waals surface area contributed by atoms with Gasteiger partial charge in [0.1, 0.15) is 0 Å². The largest absolute Gasteiger partial charge is 0.370 e. The lowest BCUT2D eigenvalue weighted by molar-refractivity contribution is 0.102. The van der Waals surface area contributed by atoms with Crippen LogP contribution in [0.5, 0.6) is 0 Å². The van der Waals surface area contributed by atoms with E-state index >= 15 is 0 Å². The maximum Gasteiger partial charge on any atom is 0.264 e. The number of hydrogen-bond donors (Lipinski definition) is 1. The van der Waals surface area contributed by atoms with Crippen LogP contribution in [0.15, 0.2) is 76.5 Å². The van der Waals surface area contributed by atoms with Crippen molar-refractivity contribution < 1.29 is 21.6 Å². The second-order valence-electron chi connectivity index (χ2n) is 9.91. The van der Waals surface area contributed by atoms with Crippen LogP contribution in [0.1, 0.15) is 50.5 Å². The second kappa shape index (κ2) is 12.2. The molecule has 0 fully saturated rings. The summed E-state index contributed by atoms with van der Waals surface area (Å²) >= 11 is 0. The van der Waals surface area contributed by atoms with Crippen molar-refractivity contribution in [3.63, 3.8) is 0 Å². The van der Waals surface area contributed by atoms with Crippen molar-refractivity contribution in [1.82, 2.24) is 4.31 Å². The lowest BCUT2D eigenvalue weighted by Crippen LogP contribution is -2.35. The Kier molecular flexibility index (Phi) is 9.10. The molecule has 220 valence electrons. The van der Waals surface area contributed by atoms with Gasteiger partial charge in [-0.25, -0.2) is 16.8 Å². The molecule has 0 radical (unpaired) electrons. The van der Waals surface area contributed by atoms with Gasteiger partial charge in [-0.15, -0.1) is 0 Å². The fourth-order valence-electron chi connectivity index (χ4n) is 5.34. The van der Waals surface area contributed by atoms with E-state index in [1.165, 1.54) is 26.8 Å². The summed E-state index contributed by atoms with van der Waals surface area (Å²) in [4.78, 5) is 15.6. The van der Waals surface area contributed by atoms with Gasteiger partial charge in [-0.1, -0.05) is 38.1 Å². The van der Waals surface area contributed by atoms with Crippen LogP contribution in [0, 0.1) is 0 Å². The highest BCUT2D eigenvalue weighted by Crippen LogP contribution is 2.37. The number of sulfonamides is 2. The predicted molar refractivity (Wildman–Crippen MR) is 164 cm³/mol. The van der Waals surface area contributed by atoms with E-state index in [0.29, 0.717) is 49.7 Å². The molecule has 1 amide bonds. The first kappa shape index (κ1) is 30.5. The van der Waals surface area contributed by atoms with Gasteiger partial charge in [-0.3, -0.25) is 9.10 Å². The van der Waals surface area contributed by atoms with Gasteiger partial charge in [-0.2, -0.15) is 4.31 Å². The average molecular weight is 599 g/mol. The first-order valence-electron chi connectivity index (χ1n) is 13.9. The van der Waals surface area contributed by atoms with E-state index in [1.54, 1.807) is 44.2 Å². The van der Waals surface area contributed by atoms with Gasteiger partial charge in [0.05, 0.1) is 26.9 Å². The molecule has 0 bridgehead atoms. The van der Waals surface area contributed by atoms with Crippen LogP contribution in [0.25, 0.3) is 0 Å². The van der Waals surface area contributed by atoms with Crippen molar-refractivity contribution in [3.8, 4) is 0 Å². The molecule has 11 heteroatoms. The topological polar surface area (TPSA) is 107 Å². The summed E-state index contributed by atoms with van der Waals surface area (Å²) in [5.41, 5.74) is 2.76. The minimum Gasteiger partial charge on any atom is -0.370 e. The number of carbonyl (C=O) groups is 1. The Labute approximate surface area is 243 Å². The quantitative estimate of drug-likeness (QED) is 0.335. The highest BCUT2D eigenvalue weighted by molar-refractivity contribution is 7.93. The minimum atomic E-state index is -3.94. The van der Waals surface area contributed by atoms with Crippen LogP contribution in [-0.2, 0) is 26.5 Å². The summed E-state index contributed by atoms with van der Waals surface area (Å²) < 4.78 is 56.8. The fraction of sp³-hybridized carbons (Fsp3) is 0.367. The lowest BCUT2D eigenvalue weighted by Gasteiger charge is -2.26. The van der Waals surface area contributed by atoms with Gasteiger partial charge in [0.15, 0.2) is 0 Å². The molecule has 1 aliphatic rings. The first-order chi connectivity index (χ1) is 19.5. The molecule has 3 aromatic rings. The normalized spacial score (nSPS) is 15.2. The molecular weight excluding hydrogens is 560 g/mol. The van der Waals surface area contributed by atoms with Gasteiger partial charge >= 0.3 is 0 Å². The third-order valence-corrected chi connectivity index (χ3v) is 11.4.